The van der Waals surface area contributed by atoms with Crippen molar-refractivity contribution in [3.63, 3.8) is 0 Å². The molecule has 106 valence electrons. The molecule has 0 aromatic heterocycles. The first-order valence-electron chi connectivity index (χ1n) is 7.04. The van der Waals surface area contributed by atoms with Crippen molar-refractivity contribution in [2.75, 3.05) is 33.7 Å². The maximum Gasteiger partial charge on any atom is 0.233 e. The molecule has 4 nitrogen and oxygen atoms in total. The third-order valence-corrected chi connectivity index (χ3v) is 3.41. The lowest BCUT2D eigenvalue weighted by Crippen LogP contribution is -2.44. The molecule has 0 saturated heterocycles. The molecule has 0 spiro atoms. The number of carbonyl (C=O) groups is 1. The van der Waals surface area contributed by atoms with Gasteiger partial charge in [-0.3, -0.25) is 4.79 Å². The molecule has 0 aromatic rings. The Morgan fingerprint density at radius 1 is 1.28 bits per heavy atom. The lowest BCUT2D eigenvalue weighted by atomic mass is 9.93. The van der Waals surface area contributed by atoms with Crippen LogP contribution in [0.15, 0.2) is 0 Å². The third kappa shape index (κ3) is 6.36. The molecule has 4 heteroatoms. The van der Waals surface area contributed by atoms with Crippen LogP contribution in [0, 0.1) is 5.41 Å². The molecule has 0 bridgehead atoms. The summed E-state index contributed by atoms with van der Waals surface area (Å²) >= 11 is 0. The fourth-order valence-corrected chi connectivity index (χ4v) is 2.68. The SMILES string of the molecule is CN(C)CC(C)(C)CNC(=O)CNC1CCCC1. The van der Waals surface area contributed by atoms with Crippen LogP contribution in [0.25, 0.3) is 0 Å². The summed E-state index contributed by atoms with van der Waals surface area (Å²) in [6.07, 6.45) is 5.04. The van der Waals surface area contributed by atoms with Crippen molar-refractivity contribution in [1.82, 2.24) is 15.5 Å². The number of nitrogens with one attached hydrogen (secondary N) is 2. The summed E-state index contributed by atoms with van der Waals surface area (Å²) < 4.78 is 0. The van der Waals surface area contributed by atoms with Gasteiger partial charge < -0.3 is 15.5 Å². The van der Waals surface area contributed by atoms with Crippen LogP contribution in [0.3, 0.4) is 0 Å². The topological polar surface area (TPSA) is 44.4 Å². The standard InChI is InChI=1S/C14H29N3O/c1-14(2,11-17(3)4)10-16-13(18)9-15-12-7-5-6-8-12/h12,15H,5-11H2,1-4H3,(H,16,18). The zero-order valence-electron chi connectivity index (χ0n) is 12.4. The molecule has 0 aromatic carbocycles. The zero-order valence-corrected chi connectivity index (χ0v) is 12.4. The Kier molecular flexibility index (Phi) is 6.09. The fourth-order valence-electron chi connectivity index (χ4n) is 2.68. The van der Waals surface area contributed by atoms with Gasteiger partial charge in [0, 0.05) is 19.1 Å². The summed E-state index contributed by atoms with van der Waals surface area (Å²) in [5.74, 6) is 0.119. The Morgan fingerprint density at radius 2 is 1.89 bits per heavy atom. The van der Waals surface area contributed by atoms with Gasteiger partial charge in [0.25, 0.3) is 0 Å². The smallest absolute Gasteiger partial charge is 0.233 e. The Bertz CT molecular complexity index is 258. The van der Waals surface area contributed by atoms with E-state index in [1.165, 1.54) is 25.7 Å². The Hall–Kier alpha value is -0.610. The van der Waals surface area contributed by atoms with Gasteiger partial charge in [-0.1, -0.05) is 26.7 Å². The van der Waals surface area contributed by atoms with E-state index in [9.17, 15) is 4.79 Å². The molecule has 0 radical (unpaired) electrons. The third-order valence-electron chi connectivity index (χ3n) is 3.41. The summed E-state index contributed by atoms with van der Waals surface area (Å²) in [7, 11) is 4.12. The minimum atomic E-state index is 0.118. The number of hydrogen-bond donors (Lipinski definition) is 2. The molecule has 0 aliphatic heterocycles. The Labute approximate surface area is 111 Å². The predicted octanol–water partition coefficient (Wildman–Crippen LogP) is 1.22. The number of rotatable bonds is 7. The van der Waals surface area contributed by atoms with Crippen molar-refractivity contribution in [3.05, 3.63) is 0 Å². The minimum absolute atomic E-state index is 0.118. The molecular formula is C14H29N3O. The number of nitrogens with zero attached hydrogens (tertiary/aromatic N) is 1. The monoisotopic (exact) mass is 255 g/mol. The first-order chi connectivity index (χ1) is 8.39. The summed E-state index contributed by atoms with van der Waals surface area (Å²) in [6, 6.07) is 0.561. The molecule has 1 aliphatic carbocycles. The van der Waals surface area contributed by atoms with Crippen LogP contribution in [0.5, 0.6) is 0 Å². The van der Waals surface area contributed by atoms with Crippen molar-refractivity contribution < 1.29 is 4.79 Å². The van der Waals surface area contributed by atoms with Crippen LogP contribution in [-0.4, -0.2) is 50.6 Å². The summed E-state index contributed by atoms with van der Waals surface area (Å²) in [5.41, 5.74) is 0.118. The van der Waals surface area contributed by atoms with Crippen LogP contribution in [0.2, 0.25) is 0 Å². The van der Waals surface area contributed by atoms with Gasteiger partial charge in [-0.05, 0) is 32.4 Å². The average Bonchev–Trinajstić information content (AvgIpc) is 2.74. The molecule has 1 aliphatic rings. The van der Waals surface area contributed by atoms with Gasteiger partial charge in [-0.2, -0.15) is 0 Å². The van der Waals surface area contributed by atoms with Crippen LogP contribution >= 0.6 is 0 Å². The molecule has 1 fully saturated rings. The average molecular weight is 255 g/mol. The van der Waals surface area contributed by atoms with Gasteiger partial charge in [0.05, 0.1) is 6.54 Å². The second kappa shape index (κ2) is 7.10. The van der Waals surface area contributed by atoms with Crippen LogP contribution in [0.1, 0.15) is 39.5 Å². The fraction of sp³-hybridized carbons (Fsp3) is 0.929. The highest BCUT2D eigenvalue weighted by molar-refractivity contribution is 5.78. The summed E-state index contributed by atoms with van der Waals surface area (Å²) in [4.78, 5) is 13.9. The van der Waals surface area contributed by atoms with E-state index in [1.807, 2.05) is 0 Å². The second-order valence-corrected chi connectivity index (χ2v) is 6.54. The van der Waals surface area contributed by atoms with Crippen LogP contribution < -0.4 is 10.6 Å². The molecule has 18 heavy (non-hydrogen) atoms. The van der Waals surface area contributed by atoms with Gasteiger partial charge in [0.2, 0.25) is 5.91 Å². The predicted molar refractivity (Wildman–Crippen MR) is 75.6 cm³/mol. The summed E-state index contributed by atoms with van der Waals surface area (Å²) in [5, 5.41) is 6.36. The maximum absolute atomic E-state index is 11.7. The normalized spacial score (nSPS) is 17.4. The van der Waals surface area contributed by atoms with E-state index in [1.54, 1.807) is 0 Å². The highest BCUT2D eigenvalue weighted by Crippen LogP contribution is 2.17. The molecule has 1 saturated carbocycles. The minimum Gasteiger partial charge on any atom is -0.354 e. The summed E-state index contributed by atoms with van der Waals surface area (Å²) in [6.45, 7) is 6.53. The first kappa shape index (κ1) is 15.4. The lowest BCUT2D eigenvalue weighted by Gasteiger charge is -2.28. The van der Waals surface area contributed by atoms with E-state index in [0.29, 0.717) is 12.6 Å². The maximum atomic E-state index is 11.7. The van der Waals surface area contributed by atoms with Gasteiger partial charge in [0.1, 0.15) is 0 Å². The van der Waals surface area contributed by atoms with E-state index in [4.69, 9.17) is 0 Å². The van der Waals surface area contributed by atoms with E-state index in [2.05, 4.69) is 43.5 Å². The zero-order chi connectivity index (χ0) is 13.6. The largest absolute Gasteiger partial charge is 0.354 e. The Balaban J connectivity index is 2.15. The van der Waals surface area contributed by atoms with E-state index in [0.717, 1.165) is 13.1 Å². The van der Waals surface area contributed by atoms with Crippen LogP contribution in [0.4, 0.5) is 0 Å². The number of hydrogen-bond acceptors (Lipinski definition) is 3. The quantitative estimate of drug-likeness (QED) is 0.719. The number of amides is 1. The second-order valence-electron chi connectivity index (χ2n) is 6.54. The molecular weight excluding hydrogens is 226 g/mol. The van der Waals surface area contributed by atoms with Gasteiger partial charge in [0.15, 0.2) is 0 Å². The van der Waals surface area contributed by atoms with E-state index < -0.39 is 0 Å². The van der Waals surface area contributed by atoms with Gasteiger partial charge >= 0.3 is 0 Å². The van der Waals surface area contributed by atoms with Crippen molar-refractivity contribution in [2.24, 2.45) is 5.41 Å². The molecule has 2 N–H and O–H groups in total. The molecule has 0 atom stereocenters. The molecule has 1 rings (SSSR count). The molecule has 0 unspecified atom stereocenters. The molecule has 0 heterocycles. The lowest BCUT2D eigenvalue weighted by molar-refractivity contribution is -0.120. The van der Waals surface area contributed by atoms with Crippen molar-refractivity contribution in [3.8, 4) is 0 Å². The number of carbonyl (C=O) groups excluding carboxylic acids is 1. The van der Waals surface area contributed by atoms with Gasteiger partial charge in [-0.15, -0.1) is 0 Å². The van der Waals surface area contributed by atoms with E-state index >= 15 is 0 Å². The first-order valence-corrected chi connectivity index (χ1v) is 7.04. The van der Waals surface area contributed by atoms with Crippen molar-refractivity contribution in [1.29, 1.82) is 0 Å². The highest BCUT2D eigenvalue weighted by atomic mass is 16.1. The highest BCUT2D eigenvalue weighted by Gasteiger charge is 2.20. The Morgan fingerprint density at radius 3 is 2.44 bits per heavy atom. The van der Waals surface area contributed by atoms with Crippen molar-refractivity contribution >= 4 is 5.91 Å². The van der Waals surface area contributed by atoms with Crippen LogP contribution in [-0.2, 0) is 4.79 Å². The molecule has 1 amide bonds. The van der Waals surface area contributed by atoms with Crippen molar-refractivity contribution in [2.45, 2.75) is 45.6 Å². The van der Waals surface area contributed by atoms with Gasteiger partial charge in [-0.25, -0.2) is 0 Å². The van der Waals surface area contributed by atoms with E-state index in [-0.39, 0.29) is 11.3 Å².